The summed E-state index contributed by atoms with van der Waals surface area (Å²) in [6, 6.07) is 1.18. The maximum atomic E-state index is 11.5. The standard InChI is InChI=1S/C8H8BrClN2O4/c9-8(10)4(13)3-16-6(8)12-5(14)1-2-11-7(12)15/h1-2,4,6,13H,3H2,(H,11,15)/t4-,6-,8+/m1/s1. The summed E-state index contributed by atoms with van der Waals surface area (Å²) >= 11 is 9.05. The summed E-state index contributed by atoms with van der Waals surface area (Å²) in [5.74, 6) is 0. The zero-order valence-electron chi connectivity index (χ0n) is 7.89. The van der Waals surface area contributed by atoms with E-state index in [1.54, 1.807) is 0 Å². The van der Waals surface area contributed by atoms with Crippen molar-refractivity contribution < 1.29 is 9.84 Å². The summed E-state index contributed by atoms with van der Waals surface area (Å²) in [7, 11) is 0. The molecular weight excluding hydrogens is 303 g/mol. The van der Waals surface area contributed by atoms with Gasteiger partial charge < -0.3 is 14.8 Å². The van der Waals surface area contributed by atoms with Crippen LogP contribution in [0.1, 0.15) is 6.23 Å². The maximum Gasteiger partial charge on any atom is 0.330 e. The second-order valence-electron chi connectivity index (χ2n) is 3.37. The van der Waals surface area contributed by atoms with Crippen LogP contribution in [0.4, 0.5) is 0 Å². The van der Waals surface area contributed by atoms with Gasteiger partial charge in [-0.2, -0.15) is 0 Å². The predicted octanol–water partition coefficient (Wildman–Crippen LogP) is -0.244. The molecule has 6 nitrogen and oxygen atoms in total. The monoisotopic (exact) mass is 310 g/mol. The number of nitrogens with one attached hydrogen (secondary N) is 1. The third kappa shape index (κ3) is 1.73. The van der Waals surface area contributed by atoms with Crippen LogP contribution in [0.25, 0.3) is 0 Å². The number of aliphatic hydroxyl groups excluding tert-OH is 1. The Balaban J connectivity index is 2.55. The van der Waals surface area contributed by atoms with Gasteiger partial charge in [0.2, 0.25) is 0 Å². The van der Waals surface area contributed by atoms with Gasteiger partial charge in [-0.3, -0.25) is 4.79 Å². The first-order valence-corrected chi connectivity index (χ1v) is 5.59. The van der Waals surface area contributed by atoms with Crippen LogP contribution in [-0.2, 0) is 4.74 Å². The van der Waals surface area contributed by atoms with E-state index in [9.17, 15) is 14.7 Å². The number of halogens is 2. The molecule has 1 saturated heterocycles. The molecule has 0 radical (unpaired) electrons. The Hall–Kier alpha value is -0.630. The van der Waals surface area contributed by atoms with Gasteiger partial charge in [0.05, 0.1) is 6.61 Å². The average Bonchev–Trinajstić information content (AvgIpc) is 2.44. The summed E-state index contributed by atoms with van der Waals surface area (Å²) < 4.78 is 4.58. The molecule has 3 atom stereocenters. The van der Waals surface area contributed by atoms with E-state index in [2.05, 4.69) is 20.9 Å². The van der Waals surface area contributed by atoms with Crippen LogP contribution in [0.15, 0.2) is 21.9 Å². The van der Waals surface area contributed by atoms with E-state index in [-0.39, 0.29) is 6.61 Å². The smallest absolute Gasteiger partial charge is 0.330 e. The lowest BCUT2D eigenvalue weighted by Crippen LogP contribution is -2.44. The molecule has 2 N–H and O–H groups in total. The number of aromatic nitrogens is 2. The van der Waals surface area contributed by atoms with Gasteiger partial charge in [0.25, 0.3) is 5.56 Å². The number of alkyl halides is 2. The molecule has 0 amide bonds. The van der Waals surface area contributed by atoms with Crippen molar-refractivity contribution in [2.24, 2.45) is 0 Å². The van der Waals surface area contributed by atoms with Crippen molar-refractivity contribution in [1.82, 2.24) is 9.55 Å². The minimum absolute atomic E-state index is 0.0554. The molecule has 8 heteroatoms. The summed E-state index contributed by atoms with van der Waals surface area (Å²) in [5, 5.41) is 9.54. The summed E-state index contributed by atoms with van der Waals surface area (Å²) in [4.78, 5) is 25.3. The van der Waals surface area contributed by atoms with Crippen molar-refractivity contribution in [3.63, 3.8) is 0 Å². The Bertz CT molecular complexity index is 483. The van der Waals surface area contributed by atoms with Crippen LogP contribution < -0.4 is 11.2 Å². The van der Waals surface area contributed by atoms with Crippen LogP contribution in [-0.4, -0.2) is 31.2 Å². The van der Waals surface area contributed by atoms with Gasteiger partial charge in [0.15, 0.2) is 10.0 Å². The van der Waals surface area contributed by atoms with Crippen molar-refractivity contribution >= 4 is 27.5 Å². The van der Waals surface area contributed by atoms with Crippen LogP contribution in [0.5, 0.6) is 0 Å². The fourth-order valence-corrected chi connectivity index (χ4v) is 2.16. The lowest BCUT2D eigenvalue weighted by atomic mass is 10.3. The third-order valence-corrected chi connectivity index (χ3v) is 3.67. The van der Waals surface area contributed by atoms with Crippen molar-refractivity contribution in [2.45, 2.75) is 16.1 Å². The second kappa shape index (κ2) is 3.99. The third-order valence-electron chi connectivity index (χ3n) is 2.31. The number of aromatic amines is 1. The van der Waals surface area contributed by atoms with E-state index in [0.717, 1.165) is 4.57 Å². The quantitative estimate of drug-likeness (QED) is 0.701. The van der Waals surface area contributed by atoms with E-state index in [0.29, 0.717) is 0 Å². The molecular formula is C8H8BrClN2O4. The number of H-pyrrole nitrogens is 1. The number of aliphatic hydroxyl groups is 1. The molecule has 88 valence electrons. The van der Waals surface area contributed by atoms with Crippen molar-refractivity contribution in [3.8, 4) is 0 Å². The molecule has 0 bridgehead atoms. The summed E-state index contributed by atoms with van der Waals surface area (Å²) in [6.07, 6.45) is -0.830. The van der Waals surface area contributed by atoms with Crippen molar-refractivity contribution in [3.05, 3.63) is 33.1 Å². The molecule has 0 aromatic carbocycles. The SMILES string of the molecule is O=c1cc[nH]c(=O)n1[C@@H]1OC[C@@H](O)[C@@]1(Cl)Br. The number of hydrogen-bond acceptors (Lipinski definition) is 4. The Morgan fingerprint density at radius 1 is 1.69 bits per heavy atom. The molecule has 2 heterocycles. The molecule has 1 aromatic heterocycles. The van der Waals surface area contributed by atoms with Crippen molar-refractivity contribution in [1.29, 1.82) is 0 Å². The number of ether oxygens (including phenoxy) is 1. The number of rotatable bonds is 1. The highest BCUT2D eigenvalue weighted by Crippen LogP contribution is 2.43. The van der Waals surface area contributed by atoms with Crippen LogP contribution >= 0.6 is 27.5 Å². The molecule has 16 heavy (non-hydrogen) atoms. The molecule has 1 aliphatic rings. The van der Waals surface area contributed by atoms with Crippen LogP contribution in [0, 0.1) is 0 Å². The lowest BCUT2D eigenvalue weighted by Gasteiger charge is -2.23. The first-order valence-electron chi connectivity index (χ1n) is 4.42. The first kappa shape index (κ1) is 11.8. The van der Waals surface area contributed by atoms with Crippen LogP contribution in [0.3, 0.4) is 0 Å². The van der Waals surface area contributed by atoms with Gasteiger partial charge in [0.1, 0.15) is 6.10 Å². The molecule has 1 fully saturated rings. The largest absolute Gasteiger partial charge is 0.388 e. The molecule has 0 aliphatic carbocycles. The minimum Gasteiger partial charge on any atom is -0.388 e. The number of nitrogens with zero attached hydrogens (tertiary/aromatic N) is 1. The maximum absolute atomic E-state index is 11.5. The van der Waals surface area contributed by atoms with E-state index in [1.165, 1.54) is 12.3 Å². The van der Waals surface area contributed by atoms with Gasteiger partial charge in [-0.05, 0) is 0 Å². The molecule has 1 aliphatic heterocycles. The van der Waals surface area contributed by atoms with Gasteiger partial charge in [-0.15, -0.1) is 0 Å². The zero-order chi connectivity index (χ0) is 11.9. The van der Waals surface area contributed by atoms with E-state index in [4.69, 9.17) is 16.3 Å². The fraction of sp³-hybridized carbons (Fsp3) is 0.500. The van der Waals surface area contributed by atoms with Gasteiger partial charge in [0, 0.05) is 12.3 Å². The van der Waals surface area contributed by atoms with E-state index >= 15 is 0 Å². The topological polar surface area (TPSA) is 84.3 Å². The Labute approximate surface area is 103 Å². The highest BCUT2D eigenvalue weighted by Gasteiger charge is 2.50. The fourth-order valence-electron chi connectivity index (χ4n) is 1.47. The first-order chi connectivity index (χ1) is 7.44. The highest BCUT2D eigenvalue weighted by molar-refractivity contribution is 9.10. The summed E-state index contributed by atoms with van der Waals surface area (Å²) in [6.45, 7) is -0.0554. The molecule has 0 saturated carbocycles. The minimum atomic E-state index is -1.38. The van der Waals surface area contributed by atoms with Gasteiger partial charge >= 0.3 is 5.69 Å². The molecule has 0 spiro atoms. The average molecular weight is 312 g/mol. The van der Waals surface area contributed by atoms with Gasteiger partial charge in [-0.25, -0.2) is 9.36 Å². The van der Waals surface area contributed by atoms with E-state index in [1.807, 2.05) is 0 Å². The second-order valence-corrected chi connectivity index (χ2v) is 5.76. The molecule has 0 unspecified atom stereocenters. The van der Waals surface area contributed by atoms with Crippen molar-refractivity contribution in [2.75, 3.05) is 6.61 Å². The Morgan fingerprint density at radius 3 is 2.88 bits per heavy atom. The molecule has 1 aromatic rings. The normalized spacial score (nSPS) is 34.2. The van der Waals surface area contributed by atoms with Gasteiger partial charge in [-0.1, -0.05) is 27.5 Å². The predicted molar refractivity (Wildman–Crippen MR) is 59.8 cm³/mol. The number of hydrogen-bond donors (Lipinski definition) is 2. The molecule has 2 rings (SSSR count). The Kier molecular flexibility index (Phi) is 2.95. The zero-order valence-corrected chi connectivity index (χ0v) is 10.2. The summed E-state index contributed by atoms with van der Waals surface area (Å²) in [5.41, 5.74) is -1.19. The Morgan fingerprint density at radius 2 is 2.38 bits per heavy atom. The highest BCUT2D eigenvalue weighted by atomic mass is 79.9. The van der Waals surface area contributed by atoms with E-state index < -0.39 is 27.4 Å². The lowest BCUT2D eigenvalue weighted by molar-refractivity contribution is 0.0417. The van der Waals surface area contributed by atoms with Crippen LogP contribution in [0.2, 0.25) is 0 Å².